The van der Waals surface area contributed by atoms with Gasteiger partial charge in [0.05, 0.1) is 5.56 Å². The second kappa shape index (κ2) is 4.22. The van der Waals surface area contributed by atoms with Gasteiger partial charge in [0.15, 0.2) is 5.76 Å². The Morgan fingerprint density at radius 1 is 1.31 bits per heavy atom. The van der Waals surface area contributed by atoms with Gasteiger partial charge in [-0.05, 0) is 37.3 Å². The van der Waals surface area contributed by atoms with Crippen LogP contribution in [0.1, 0.15) is 21.9 Å². The van der Waals surface area contributed by atoms with Crippen molar-refractivity contribution in [2.24, 2.45) is 0 Å². The van der Waals surface area contributed by atoms with Gasteiger partial charge in [0.1, 0.15) is 11.6 Å². The number of hydrogen-bond donors (Lipinski definition) is 0. The van der Waals surface area contributed by atoms with E-state index in [0.29, 0.717) is 10.2 Å². The Morgan fingerprint density at radius 3 is 2.69 bits per heavy atom. The maximum Gasteiger partial charge on any atom is 0.231 e. The predicted molar refractivity (Wildman–Crippen MR) is 61.0 cm³/mol. The van der Waals surface area contributed by atoms with Crippen LogP contribution in [0.15, 0.2) is 39.2 Å². The molecule has 2 nitrogen and oxygen atoms in total. The Morgan fingerprint density at radius 2 is 2.06 bits per heavy atom. The Bertz CT molecular complexity index is 546. The molecule has 2 rings (SSSR count). The highest BCUT2D eigenvalue weighted by atomic mass is 79.9. The highest BCUT2D eigenvalue weighted by molar-refractivity contribution is 9.10. The van der Waals surface area contributed by atoms with Crippen molar-refractivity contribution in [2.45, 2.75) is 6.92 Å². The summed E-state index contributed by atoms with van der Waals surface area (Å²) in [5, 5.41) is 0. The van der Waals surface area contributed by atoms with Crippen LogP contribution in [0.5, 0.6) is 0 Å². The average Bonchev–Trinajstić information content (AvgIpc) is 2.67. The first kappa shape index (κ1) is 11.1. The molecule has 1 heterocycles. The topological polar surface area (TPSA) is 30.2 Å². The monoisotopic (exact) mass is 282 g/mol. The van der Waals surface area contributed by atoms with Gasteiger partial charge >= 0.3 is 0 Å². The van der Waals surface area contributed by atoms with Crippen LogP contribution in [-0.4, -0.2) is 5.78 Å². The van der Waals surface area contributed by atoms with Crippen LogP contribution in [-0.2, 0) is 0 Å². The van der Waals surface area contributed by atoms with E-state index in [2.05, 4.69) is 15.9 Å². The van der Waals surface area contributed by atoms with E-state index in [1.165, 1.54) is 18.2 Å². The zero-order valence-electron chi connectivity index (χ0n) is 8.46. The molecule has 0 aliphatic heterocycles. The molecule has 2 aromatic rings. The summed E-state index contributed by atoms with van der Waals surface area (Å²) in [5.41, 5.74) is 0.00345. The minimum atomic E-state index is -0.553. The molecule has 0 amide bonds. The van der Waals surface area contributed by atoms with Crippen molar-refractivity contribution in [3.63, 3.8) is 0 Å². The molecule has 1 aromatic heterocycles. The number of carbonyl (C=O) groups excluding carboxylic acids is 1. The largest absolute Gasteiger partial charge is 0.458 e. The number of benzene rings is 1. The molecule has 4 heteroatoms. The minimum absolute atomic E-state index is 0.00345. The molecule has 0 radical (unpaired) electrons. The molecule has 0 fully saturated rings. The van der Waals surface area contributed by atoms with Gasteiger partial charge in [-0.2, -0.15) is 0 Å². The van der Waals surface area contributed by atoms with Crippen molar-refractivity contribution in [1.82, 2.24) is 0 Å². The molecular formula is C12H8BrFO2. The summed E-state index contributed by atoms with van der Waals surface area (Å²) >= 11 is 3.19. The Kier molecular flexibility index (Phi) is 2.92. The van der Waals surface area contributed by atoms with Crippen LogP contribution in [0.2, 0.25) is 0 Å². The third kappa shape index (κ3) is 2.07. The zero-order valence-corrected chi connectivity index (χ0v) is 10.0. The van der Waals surface area contributed by atoms with E-state index in [1.807, 2.05) is 0 Å². The van der Waals surface area contributed by atoms with Crippen molar-refractivity contribution in [3.8, 4) is 0 Å². The zero-order chi connectivity index (χ0) is 11.7. The minimum Gasteiger partial charge on any atom is -0.458 e. The summed E-state index contributed by atoms with van der Waals surface area (Å²) in [5.74, 6) is -0.234. The van der Waals surface area contributed by atoms with Gasteiger partial charge in [-0.25, -0.2) is 4.39 Å². The summed E-state index contributed by atoms with van der Waals surface area (Å²) in [7, 11) is 0. The van der Waals surface area contributed by atoms with E-state index < -0.39 is 11.6 Å². The lowest BCUT2D eigenvalue weighted by atomic mass is 10.1. The molecule has 0 saturated heterocycles. The van der Waals surface area contributed by atoms with Gasteiger partial charge in [-0.15, -0.1) is 0 Å². The number of carbonyl (C=O) groups is 1. The quantitative estimate of drug-likeness (QED) is 0.786. The number of ketones is 1. The van der Waals surface area contributed by atoms with Crippen LogP contribution >= 0.6 is 15.9 Å². The van der Waals surface area contributed by atoms with Gasteiger partial charge < -0.3 is 4.42 Å². The maximum atomic E-state index is 13.4. The summed E-state index contributed by atoms with van der Waals surface area (Å²) in [4.78, 5) is 11.9. The van der Waals surface area contributed by atoms with E-state index in [4.69, 9.17) is 4.42 Å². The van der Waals surface area contributed by atoms with Gasteiger partial charge in [0.2, 0.25) is 5.78 Å². The molecule has 0 spiro atoms. The van der Waals surface area contributed by atoms with Crippen LogP contribution in [0, 0.1) is 12.7 Å². The van der Waals surface area contributed by atoms with Crippen LogP contribution in [0.4, 0.5) is 4.39 Å². The lowest BCUT2D eigenvalue weighted by Gasteiger charge is -2.00. The predicted octanol–water partition coefficient (Wildman–Crippen LogP) is 3.72. The van der Waals surface area contributed by atoms with Crippen molar-refractivity contribution in [2.75, 3.05) is 0 Å². The molecule has 16 heavy (non-hydrogen) atoms. The Labute approximate surface area is 100 Å². The normalized spacial score (nSPS) is 10.4. The van der Waals surface area contributed by atoms with Crippen LogP contribution in [0.3, 0.4) is 0 Å². The molecule has 1 aromatic carbocycles. The highest BCUT2D eigenvalue weighted by Crippen LogP contribution is 2.19. The van der Waals surface area contributed by atoms with E-state index >= 15 is 0 Å². The van der Waals surface area contributed by atoms with Crippen LogP contribution in [0.25, 0.3) is 0 Å². The number of halogens is 2. The first-order valence-corrected chi connectivity index (χ1v) is 5.43. The SMILES string of the molecule is Cc1ccc(C(=O)c2cc(Br)ccc2F)o1. The molecular weight excluding hydrogens is 275 g/mol. The molecule has 0 atom stereocenters. The number of rotatable bonds is 2. The summed E-state index contributed by atoms with van der Waals surface area (Å²) in [6, 6.07) is 7.43. The average molecular weight is 283 g/mol. The number of aryl methyl sites for hydroxylation is 1. The molecule has 0 unspecified atom stereocenters. The van der Waals surface area contributed by atoms with E-state index in [1.54, 1.807) is 19.1 Å². The van der Waals surface area contributed by atoms with Crippen molar-refractivity contribution in [1.29, 1.82) is 0 Å². The third-order valence-corrected chi connectivity index (χ3v) is 2.63. The van der Waals surface area contributed by atoms with E-state index in [-0.39, 0.29) is 11.3 Å². The summed E-state index contributed by atoms with van der Waals surface area (Å²) in [6.45, 7) is 1.73. The Hall–Kier alpha value is -1.42. The van der Waals surface area contributed by atoms with Crippen molar-refractivity contribution in [3.05, 3.63) is 57.7 Å². The first-order valence-electron chi connectivity index (χ1n) is 4.64. The smallest absolute Gasteiger partial charge is 0.231 e. The molecule has 0 saturated carbocycles. The molecule has 0 N–H and O–H groups in total. The molecule has 0 aliphatic rings. The van der Waals surface area contributed by atoms with E-state index in [9.17, 15) is 9.18 Å². The van der Waals surface area contributed by atoms with Gasteiger partial charge in [0.25, 0.3) is 0 Å². The van der Waals surface area contributed by atoms with E-state index in [0.717, 1.165) is 0 Å². The lowest BCUT2D eigenvalue weighted by Crippen LogP contribution is -2.02. The lowest BCUT2D eigenvalue weighted by molar-refractivity contribution is 0.100. The molecule has 0 aliphatic carbocycles. The van der Waals surface area contributed by atoms with Gasteiger partial charge in [0, 0.05) is 4.47 Å². The van der Waals surface area contributed by atoms with Crippen molar-refractivity contribution >= 4 is 21.7 Å². The van der Waals surface area contributed by atoms with Crippen LogP contribution < -0.4 is 0 Å². The fourth-order valence-electron chi connectivity index (χ4n) is 1.36. The fourth-order valence-corrected chi connectivity index (χ4v) is 1.72. The second-order valence-electron chi connectivity index (χ2n) is 3.36. The summed E-state index contributed by atoms with van der Waals surface area (Å²) < 4.78 is 19.2. The molecule has 82 valence electrons. The Balaban J connectivity index is 2.45. The molecule has 0 bridgehead atoms. The van der Waals surface area contributed by atoms with Gasteiger partial charge in [-0.1, -0.05) is 15.9 Å². The second-order valence-corrected chi connectivity index (χ2v) is 4.28. The number of furan rings is 1. The standard InChI is InChI=1S/C12H8BrFO2/c1-7-2-5-11(16-7)12(15)9-6-8(13)3-4-10(9)14/h2-6H,1H3. The van der Waals surface area contributed by atoms with Crippen molar-refractivity contribution < 1.29 is 13.6 Å². The fraction of sp³-hybridized carbons (Fsp3) is 0.0833. The highest BCUT2D eigenvalue weighted by Gasteiger charge is 2.17. The first-order chi connectivity index (χ1) is 7.58. The summed E-state index contributed by atoms with van der Waals surface area (Å²) in [6.07, 6.45) is 0. The maximum absolute atomic E-state index is 13.4. The number of hydrogen-bond acceptors (Lipinski definition) is 2. The third-order valence-electron chi connectivity index (χ3n) is 2.14. The van der Waals surface area contributed by atoms with Gasteiger partial charge in [-0.3, -0.25) is 4.79 Å².